The summed E-state index contributed by atoms with van der Waals surface area (Å²) in [6, 6.07) is 9.45. The predicted octanol–water partition coefficient (Wildman–Crippen LogP) is 4.78. The SMILES string of the molecule is O=C(Nc1ccc(NCCC2=CCCCC2)cn1)c1ccccc1F. The Morgan fingerprint density at radius 2 is 2.04 bits per heavy atom. The lowest BCUT2D eigenvalue weighted by molar-refractivity contribution is 0.102. The van der Waals surface area contributed by atoms with Crippen molar-refractivity contribution in [1.29, 1.82) is 0 Å². The molecule has 25 heavy (non-hydrogen) atoms. The molecule has 3 rings (SSSR count). The smallest absolute Gasteiger partial charge is 0.259 e. The van der Waals surface area contributed by atoms with Crippen molar-refractivity contribution in [2.45, 2.75) is 32.1 Å². The Hall–Kier alpha value is -2.69. The van der Waals surface area contributed by atoms with Gasteiger partial charge in [-0.1, -0.05) is 23.8 Å². The molecule has 1 aliphatic carbocycles. The predicted molar refractivity (Wildman–Crippen MR) is 98.2 cm³/mol. The van der Waals surface area contributed by atoms with E-state index in [2.05, 4.69) is 21.7 Å². The maximum absolute atomic E-state index is 13.6. The van der Waals surface area contributed by atoms with Crippen LogP contribution in [0.25, 0.3) is 0 Å². The van der Waals surface area contributed by atoms with Gasteiger partial charge in [0.1, 0.15) is 11.6 Å². The van der Waals surface area contributed by atoms with E-state index < -0.39 is 11.7 Å². The number of allylic oxidation sites excluding steroid dienone is 1. The number of hydrogen-bond donors (Lipinski definition) is 2. The fraction of sp³-hybridized carbons (Fsp3) is 0.300. The van der Waals surface area contributed by atoms with E-state index in [4.69, 9.17) is 0 Å². The van der Waals surface area contributed by atoms with Crippen LogP contribution in [0.4, 0.5) is 15.9 Å². The third-order valence-corrected chi connectivity index (χ3v) is 4.28. The van der Waals surface area contributed by atoms with Crippen LogP contribution in [-0.4, -0.2) is 17.4 Å². The van der Waals surface area contributed by atoms with Crippen LogP contribution < -0.4 is 10.6 Å². The van der Waals surface area contributed by atoms with Crippen molar-refractivity contribution in [1.82, 2.24) is 4.98 Å². The van der Waals surface area contributed by atoms with Crippen molar-refractivity contribution in [3.63, 3.8) is 0 Å². The van der Waals surface area contributed by atoms with Crippen LogP contribution >= 0.6 is 0 Å². The van der Waals surface area contributed by atoms with E-state index in [1.165, 1.54) is 43.4 Å². The Bertz CT molecular complexity index is 756. The molecule has 1 aromatic heterocycles. The Morgan fingerprint density at radius 3 is 2.76 bits per heavy atom. The molecule has 1 aliphatic rings. The number of nitrogens with one attached hydrogen (secondary N) is 2. The molecular weight excluding hydrogens is 317 g/mol. The number of nitrogens with zero attached hydrogens (tertiary/aromatic N) is 1. The van der Waals surface area contributed by atoms with Crippen molar-refractivity contribution in [2.24, 2.45) is 0 Å². The molecule has 1 heterocycles. The van der Waals surface area contributed by atoms with Gasteiger partial charge in [-0.25, -0.2) is 9.37 Å². The van der Waals surface area contributed by atoms with Gasteiger partial charge in [0.15, 0.2) is 0 Å². The molecule has 0 saturated heterocycles. The van der Waals surface area contributed by atoms with Gasteiger partial charge in [-0.3, -0.25) is 4.79 Å². The van der Waals surface area contributed by atoms with E-state index in [0.29, 0.717) is 5.82 Å². The van der Waals surface area contributed by atoms with E-state index in [1.807, 2.05) is 6.07 Å². The Balaban J connectivity index is 1.51. The monoisotopic (exact) mass is 339 g/mol. The van der Waals surface area contributed by atoms with Crippen molar-refractivity contribution >= 4 is 17.4 Å². The fourth-order valence-electron chi connectivity index (χ4n) is 2.90. The quantitative estimate of drug-likeness (QED) is 0.745. The van der Waals surface area contributed by atoms with Gasteiger partial charge in [0.25, 0.3) is 5.91 Å². The molecule has 0 bridgehead atoms. The van der Waals surface area contributed by atoms with Gasteiger partial charge in [-0.2, -0.15) is 0 Å². The van der Waals surface area contributed by atoms with Crippen LogP contribution in [0, 0.1) is 5.82 Å². The van der Waals surface area contributed by atoms with E-state index in [1.54, 1.807) is 24.4 Å². The molecule has 4 nitrogen and oxygen atoms in total. The van der Waals surface area contributed by atoms with Gasteiger partial charge in [-0.05, 0) is 56.4 Å². The molecule has 1 amide bonds. The highest BCUT2D eigenvalue weighted by molar-refractivity contribution is 6.03. The van der Waals surface area contributed by atoms with E-state index in [0.717, 1.165) is 18.7 Å². The average molecular weight is 339 g/mol. The summed E-state index contributed by atoms with van der Waals surface area (Å²) < 4.78 is 13.6. The molecule has 130 valence electrons. The number of hydrogen-bond acceptors (Lipinski definition) is 3. The Morgan fingerprint density at radius 1 is 1.16 bits per heavy atom. The van der Waals surface area contributed by atoms with Crippen molar-refractivity contribution in [2.75, 3.05) is 17.2 Å². The number of anilines is 2. The number of rotatable bonds is 6. The van der Waals surface area contributed by atoms with Gasteiger partial charge in [0.2, 0.25) is 0 Å². The second-order valence-electron chi connectivity index (χ2n) is 6.15. The molecule has 5 heteroatoms. The number of carbonyl (C=O) groups is 1. The van der Waals surface area contributed by atoms with Crippen molar-refractivity contribution in [3.05, 3.63) is 65.6 Å². The number of aromatic nitrogens is 1. The summed E-state index contributed by atoms with van der Waals surface area (Å²) in [6.45, 7) is 0.869. The van der Waals surface area contributed by atoms with E-state index in [-0.39, 0.29) is 5.56 Å². The molecule has 0 fully saturated rings. The zero-order valence-corrected chi connectivity index (χ0v) is 14.1. The molecular formula is C20H22FN3O. The van der Waals surface area contributed by atoms with Crippen LogP contribution in [-0.2, 0) is 0 Å². The topological polar surface area (TPSA) is 54.0 Å². The summed E-state index contributed by atoms with van der Waals surface area (Å²) in [5, 5.41) is 5.94. The first kappa shape index (κ1) is 17.1. The first-order valence-electron chi connectivity index (χ1n) is 8.66. The normalized spacial score (nSPS) is 13.9. The third kappa shape index (κ3) is 4.89. The molecule has 0 aliphatic heterocycles. The van der Waals surface area contributed by atoms with E-state index in [9.17, 15) is 9.18 Å². The standard InChI is InChI=1S/C20H22FN3O/c21-18-9-5-4-8-17(18)20(25)24-19-11-10-16(14-23-19)22-13-12-15-6-2-1-3-7-15/h4-6,8-11,14,22H,1-3,7,12-13H2,(H,23,24,25). The molecule has 1 aromatic carbocycles. The minimum Gasteiger partial charge on any atom is -0.383 e. The highest BCUT2D eigenvalue weighted by atomic mass is 19.1. The zero-order chi connectivity index (χ0) is 17.5. The Kier molecular flexibility index (Phi) is 5.77. The van der Waals surface area contributed by atoms with Gasteiger partial charge in [0, 0.05) is 6.54 Å². The third-order valence-electron chi connectivity index (χ3n) is 4.28. The lowest BCUT2D eigenvalue weighted by atomic mass is 9.97. The van der Waals surface area contributed by atoms with Gasteiger partial charge in [0.05, 0.1) is 17.4 Å². The lowest BCUT2D eigenvalue weighted by Crippen LogP contribution is -2.14. The molecule has 0 radical (unpaired) electrons. The highest BCUT2D eigenvalue weighted by Gasteiger charge is 2.11. The van der Waals surface area contributed by atoms with Crippen molar-refractivity contribution < 1.29 is 9.18 Å². The molecule has 2 N–H and O–H groups in total. The number of benzene rings is 1. The molecule has 0 atom stereocenters. The summed E-state index contributed by atoms with van der Waals surface area (Å²) in [6.07, 6.45) is 10.1. The first-order chi connectivity index (χ1) is 12.2. The Labute approximate surface area is 147 Å². The minimum atomic E-state index is -0.546. The summed E-state index contributed by atoms with van der Waals surface area (Å²) in [4.78, 5) is 16.3. The first-order valence-corrected chi connectivity index (χ1v) is 8.66. The number of amides is 1. The lowest BCUT2D eigenvalue weighted by Gasteiger charge is -2.13. The second kappa shape index (κ2) is 8.42. The molecule has 0 saturated carbocycles. The summed E-state index contributed by atoms with van der Waals surface area (Å²) in [5.41, 5.74) is 2.44. The van der Waals surface area contributed by atoms with E-state index >= 15 is 0 Å². The molecule has 0 spiro atoms. The maximum atomic E-state index is 13.6. The van der Waals surface area contributed by atoms with Gasteiger partial charge < -0.3 is 10.6 Å². The van der Waals surface area contributed by atoms with Crippen molar-refractivity contribution in [3.8, 4) is 0 Å². The minimum absolute atomic E-state index is 0.00672. The number of pyridine rings is 1. The average Bonchev–Trinajstić information content (AvgIpc) is 2.64. The van der Waals surface area contributed by atoms with Gasteiger partial charge in [-0.15, -0.1) is 0 Å². The molecule has 0 unspecified atom stereocenters. The number of carbonyl (C=O) groups excluding carboxylic acids is 1. The van der Waals surface area contributed by atoms with Crippen LogP contribution in [0.3, 0.4) is 0 Å². The summed E-state index contributed by atoms with van der Waals surface area (Å²) in [7, 11) is 0. The zero-order valence-electron chi connectivity index (χ0n) is 14.1. The van der Waals surface area contributed by atoms with Crippen LogP contribution in [0.1, 0.15) is 42.5 Å². The second-order valence-corrected chi connectivity index (χ2v) is 6.15. The summed E-state index contributed by atoms with van der Waals surface area (Å²) >= 11 is 0. The number of halogens is 1. The van der Waals surface area contributed by atoms with Gasteiger partial charge >= 0.3 is 0 Å². The van der Waals surface area contributed by atoms with Crippen LogP contribution in [0.15, 0.2) is 54.2 Å². The maximum Gasteiger partial charge on any atom is 0.259 e. The van der Waals surface area contributed by atoms with Crippen LogP contribution in [0.5, 0.6) is 0 Å². The molecule has 2 aromatic rings. The highest BCUT2D eigenvalue weighted by Crippen LogP contribution is 2.20. The fourth-order valence-corrected chi connectivity index (χ4v) is 2.90. The van der Waals surface area contributed by atoms with Crippen LogP contribution in [0.2, 0.25) is 0 Å². The summed E-state index contributed by atoms with van der Waals surface area (Å²) in [5.74, 6) is -0.653. The largest absolute Gasteiger partial charge is 0.383 e.